The number of fused-ring (bicyclic) bond motifs is 1. The molecule has 1 nitrogen and oxygen atoms in total. The molecule has 0 aliphatic rings. The van der Waals surface area contributed by atoms with E-state index in [1.165, 1.54) is 16.2 Å². The van der Waals surface area contributed by atoms with Crippen molar-refractivity contribution in [1.29, 1.82) is 0 Å². The van der Waals surface area contributed by atoms with Gasteiger partial charge in [-0.3, -0.25) is 4.79 Å². The first-order chi connectivity index (χ1) is 6.09. The zero-order valence-electron chi connectivity index (χ0n) is 6.56. The van der Waals surface area contributed by atoms with Crippen LogP contribution in [0.15, 0.2) is 6.07 Å². The summed E-state index contributed by atoms with van der Waals surface area (Å²) in [4.78, 5) is 12.6. The minimum absolute atomic E-state index is 0.449. The van der Waals surface area contributed by atoms with Crippen LogP contribution in [-0.2, 0) is 0 Å². The average Bonchev–Trinajstić information content (AvgIpc) is 2.51. The highest BCUT2D eigenvalue weighted by molar-refractivity contribution is 7.30. The topological polar surface area (TPSA) is 17.1 Å². The van der Waals surface area contributed by atoms with Crippen LogP contribution in [0.5, 0.6) is 0 Å². The van der Waals surface area contributed by atoms with Gasteiger partial charge in [0.1, 0.15) is 4.88 Å². The predicted molar refractivity (Wildman–Crippen MR) is 59.6 cm³/mol. The van der Waals surface area contributed by atoms with Crippen molar-refractivity contribution in [3.05, 3.63) is 20.8 Å². The van der Waals surface area contributed by atoms with E-state index in [1.54, 1.807) is 11.3 Å². The Labute approximate surface area is 92.9 Å². The van der Waals surface area contributed by atoms with Gasteiger partial charge in [-0.2, -0.15) is 0 Å². The fourth-order valence-electron chi connectivity index (χ4n) is 1.10. The van der Waals surface area contributed by atoms with E-state index < -0.39 is 5.24 Å². The molecule has 2 aromatic rings. The van der Waals surface area contributed by atoms with E-state index in [4.69, 9.17) is 23.2 Å². The van der Waals surface area contributed by atoms with Crippen LogP contribution in [0.4, 0.5) is 0 Å². The number of carbonyl (C=O) groups excluding carboxylic acids is 1. The van der Waals surface area contributed by atoms with E-state index in [2.05, 4.69) is 0 Å². The van der Waals surface area contributed by atoms with Crippen LogP contribution in [0.2, 0.25) is 5.02 Å². The Bertz CT molecular complexity index is 484. The smallest absolute Gasteiger partial charge is 0.263 e. The van der Waals surface area contributed by atoms with Crippen LogP contribution < -0.4 is 0 Å². The van der Waals surface area contributed by atoms with Crippen molar-refractivity contribution >= 4 is 60.5 Å². The van der Waals surface area contributed by atoms with Crippen LogP contribution in [0.25, 0.3) is 9.40 Å². The van der Waals surface area contributed by atoms with Gasteiger partial charge in [0, 0.05) is 9.58 Å². The first kappa shape index (κ1) is 9.46. The van der Waals surface area contributed by atoms with Gasteiger partial charge in [0.2, 0.25) is 0 Å². The van der Waals surface area contributed by atoms with Crippen LogP contribution >= 0.6 is 45.9 Å². The Balaban J connectivity index is 2.76. The van der Waals surface area contributed by atoms with Crippen molar-refractivity contribution in [2.24, 2.45) is 0 Å². The number of halogens is 2. The Morgan fingerprint density at radius 3 is 2.69 bits per heavy atom. The summed E-state index contributed by atoms with van der Waals surface area (Å²) in [6, 6.07) is 2.01. The molecule has 0 fully saturated rings. The molecule has 0 saturated carbocycles. The largest absolute Gasteiger partial charge is 0.275 e. The minimum atomic E-state index is -0.476. The highest BCUT2D eigenvalue weighted by Crippen LogP contribution is 2.40. The summed E-state index contributed by atoms with van der Waals surface area (Å²) < 4.78 is 2.00. The number of carbonyl (C=O) groups is 1. The number of hydrogen-bond acceptors (Lipinski definition) is 3. The lowest BCUT2D eigenvalue weighted by Gasteiger charge is -1.86. The Hall–Kier alpha value is -0.0900. The van der Waals surface area contributed by atoms with E-state index in [-0.39, 0.29) is 0 Å². The van der Waals surface area contributed by atoms with E-state index in [0.717, 1.165) is 9.40 Å². The number of aryl methyl sites for hydroxylation is 1. The number of hydrogen-bond donors (Lipinski definition) is 0. The lowest BCUT2D eigenvalue weighted by molar-refractivity contribution is 0.108. The van der Waals surface area contributed by atoms with Crippen LogP contribution in [-0.4, -0.2) is 5.24 Å². The van der Waals surface area contributed by atoms with Crippen molar-refractivity contribution in [2.45, 2.75) is 6.92 Å². The second-order valence-corrected chi connectivity index (χ2v) is 5.60. The Kier molecular flexibility index (Phi) is 2.36. The van der Waals surface area contributed by atoms with Gasteiger partial charge >= 0.3 is 0 Å². The van der Waals surface area contributed by atoms with Crippen LogP contribution in [0.1, 0.15) is 14.5 Å². The molecule has 2 rings (SSSR count). The molecule has 13 heavy (non-hydrogen) atoms. The fourth-order valence-corrected chi connectivity index (χ4v) is 4.00. The van der Waals surface area contributed by atoms with Gasteiger partial charge in [0.25, 0.3) is 5.24 Å². The van der Waals surface area contributed by atoms with Gasteiger partial charge in [-0.1, -0.05) is 11.6 Å². The van der Waals surface area contributed by atoms with Crippen molar-refractivity contribution < 1.29 is 4.79 Å². The second kappa shape index (κ2) is 3.24. The Morgan fingerprint density at radius 2 is 2.15 bits per heavy atom. The lowest BCUT2D eigenvalue weighted by atomic mass is 10.4. The van der Waals surface area contributed by atoms with Gasteiger partial charge in [0.15, 0.2) is 0 Å². The average molecular weight is 251 g/mol. The molecule has 0 radical (unpaired) electrons. The van der Waals surface area contributed by atoms with Crippen molar-refractivity contribution in [2.75, 3.05) is 0 Å². The molecule has 0 aliphatic carbocycles. The first-order valence-corrected chi connectivity index (χ1v) is 5.86. The maximum atomic E-state index is 10.9. The summed E-state index contributed by atoms with van der Waals surface area (Å²) in [5, 5.41) is 0.0224. The third kappa shape index (κ3) is 1.50. The molecule has 0 N–H and O–H groups in total. The third-order valence-electron chi connectivity index (χ3n) is 1.61. The summed E-state index contributed by atoms with van der Waals surface area (Å²) >= 11 is 14.3. The zero-order valence-corrected chi connectivity index (χ0v) is 9.70. The molecular weight excluding hydrogens is 247 g/mol. The van der Waals surface area contributed by atoms with Crippen LogP contribution in [0, 0.1) is 6.92 Å². The Morgan fingerprint density at radius 1 is 1.46 bits per heavy atom. The molecule has 2 aromatic heterocycles. The fraction of sp³-hybridized carbons (Fsp3) is 0.125. The molecule has 0 unspecified atom stereocenters. The summed E-state index contributed by atoms with van der Waals surface area (Å²) in [6.07, 6.45) is 0. The second-order valence-electron chi connectivity index (χ2n) is 2.57. The van der Waals surface area contributed by atoms with Gasteiger partial charge in [-0.25, -0.2) is 0 Å². The zero-order chi connectivity index (χ0) is 9.59. The minimum Gasteiger partial charge on any atom is -0.275 e. The summed E-state index contributed by atoms with van der Waals surface area (Å²) in [6.45, 7) is 2.01. The third-order valence-corrected chi connectivity index (χ3v) is 4.85. The van der Waals surface area contributed by atoms with Gasteiger partial charge in [-0.05, 0) is 24.6 Å². The molecular formula is C8H4Cl2OS2. The molecule has 68 valence electrons. The summed E-state index contributed by atoms with van der Waals surface area (Å²) in [5.41, 5.74) is 0. The SMILES string of the molecule is Cc1cc2sc(C(=O)Cl)c(Cl)c2s1. The van der Waals surface area contributed by atoms with Crippen molar-refractivity contribution in [1.82, 2.24) is 0 Å². The molecule has 0 spiro atoms. The lowest BCUT2D eigenvalue weighted by Crippen LogP contribution is -1.81. The summed E-state index contributed by atoms with van der Waals surface area (Å²) in [7, 11) is 0. The summed E-state index contributed by atoms with van der Waals surface area (Å²) in [5.74, 6) is 0. The normalized spacial score (nSPS) is 11.0. The molecule has 0 aromatic carbocycles. The molecule has 0 aliphatic heterocycles. The maximum Gasteiger partial charge on any atom is 0.263 e. The monoisotopic (exact) mass is 250 g/mol. The number of thiophene rings is 2. The highest BCUT2D eigenvalue weighted by Gasteiger charge is 2.16. The van der Waals surface area contributed by atoms with E-state index in [0.29, 0.717) is 9.90 Å². The van der Waals surface area contributed by atoms with Crippen molar-refractivity contribution in [3.63, 3.8) is 0 Å². The predicted octanol–water partition coefficient (Wildman–Crippen LogP) is 4.30. The van der Waals surface area contributed by atoms with Gasteiger partial charge < -0.3 is 0 Å². The van der Waals surface area contributed by atoms with Crippen molar-refractivity contribution in [3.8, 4) is 0 Å². The molecule has 0 atom stereocenters. The van der Waals surface area contributed by atoms with Crippen LogP contribution in [0.3, 0.4) is 0 Å². The van der Waals surface area contributed by atoms with Gasteiger partial charge in [0.05, 0.1) is 9.72 Å². The molecule has 0 bridgehead atoms. The molecule has 0 amide bonds. The number of rotatable bonds is 1. The first-order valence-electron chi connectivity index (χ1n) is 3.48. The molecule has 2 heterocycles. The highest BCUT2D eigenvalue weighted by atomic mass is 35.5. The van der Waals surface area contributed by atoms with E-state index in [9.17, 15) is 4.79 Å². The maximum absolute atomic E-state index is 10.9. The molecule has 0 saturated heterocycles. The molecule has 5 heteroatoms. The van der Waals surface area contributed by atoms with Gasteiger partial charge in [-0.15, -0.1) is 22.7 Å². The quantitative estimate of drug-likeness (QED) is 0.690. The van der Waals surface area contributed by atoms with E-state index >= 15 is 0 Å². The van der Waals surface area contributed by atoms with E-state index in [1.807, 2.05) is 13.0 Å². The standard InChI is InChI=1S/C8H4Cl2OS2/c1-3-2-4-6(12-3)5(9)7(13-4)8(10)11/h2H,1H3.